The van der Waals surface area contributed by atoms with Crippen LogP contribution >= 0.6 is 15.9 Å². The second-order valence-electron chi connectivity index (χ2n) is 4.96. The van der Waals surface area contributed by atoms with Gasteiger partial charge in [-0.05, 0) is 65.5 Å². The van der Waals surface area contributed by atoms with Crippen LogP contribution in [0.15, 0.2) is 40.9 Å². The van der Waals surface area contributed by atoms with Crippen LogP contribution < -0.4 is 10.5 Å². The van der Waals surface area contributed by atoms with Crippen molar-refractivity contribution in [2.24, 2.45) is 5.73 Å². The molecule has 0 saturated heterocycles. The van der Waals surface area contributed by atoms with E-state index >= 15 is 0 Å². The van der Waals surface area contributed by atoms with Gasteiger partial charge in [-0.25, -0.2) is 4.39 Å². The Labute approximate surface area is 126 Å². The number of ether oxygens (including phenoxy) is 1. The molecule has 0 fully saturated rings. The summed E-state index contributed by atoms with van der Waals surface area (Å²) in [7, 11) is 0. The third kappa shape index (κ3) is 3.81. The number of hydrogen-bond acceptors (Lipinski definition) is 2. The molecule has 2 N–H and O–H groups in total. The Balaban J connectivity index is 2.19. The van der Waals surface area contributed by atoms with E-state index in [1.807, 2.05) is 32.0 Å². The Kier molecular flexibility index (Phi) is 4.78. The highest BCUT2D eigenvalue weighted by molar-refractivity contribution is 9.10. The first kappa shape index (κ1) is 15.0. The van der Waals surface area contributed by atoms with Gasteiger partial charge in [-0.2, -0.15) is 0 Å². The summed E-state index contributed by atoms with van der Waals surface area (Å²) in [5.74, 6) is 0.864. The van der Waals surface area contributed by atoms with Gasteiger partial charge in [0.1, 0.15) is 17.3 Å². The van der Waals surface area contributed by atoms with Crippen LogP contribution in [0.4, 0.5) is 4.39 Å². The molecule has 20 heavy (non-hydrogen) atoms. The van der Waals surface area contributed by atoms with E-state index in [0.717, 1.165) is 17.7 Å². The van der Waals surface area contributed by atoms with Gasteiger partial charge in [0.15, 0.2) is 0 Å². The smallest absolute Gasteiger partial charge is 0.141 e. The molecule has 0 heterocycles. The molecule has 0 aliphatic heterocycles. The highest BCUT2D eigenvalue weighted by Crippen LogP contribution is 2.28. The Morgan fingerprint density at radius 1 is 1.25 bits per heavy atom. The molecule has 1 atom stereocenters. The van der Waals surface area contributed by atoms with Crippen LogP contribution in [0.3, 0.4) is 0 Å². The van der Waals surface area contributed by atoms with Crippen molar-refractivity contribution in [3.05, 3.63) is 57.8 Å². The molecular weight excluding hydrogens is 321 g/mol. The molecule has 0 aliphatic rings. The van der Waals surface area contributed by atoms with Gasteiger partial charge in [0.2, 0.25) is 0 Å². The fourth-order valence-electron chi connectivity index (χ4n) is 1.99. The highest BCUT2D eigenvalue weighted by Gasteiger charge is 2.06. The Bertz CT molecular complexity index is 613. The minimum absolute atomic E-state index is 0.127. The van der Waals surface area contributed by atoms with Crippen molar-refractivity contribution in [1.29, 1.82) is 0 Å². The lowest BCUT2D eigenvalue weighted by molar-refractivity contribution is 0.472. The van der Waals surface area contributed by atoms with Crippen LogP contribution in [-0.2, 0) is 6.42 Å². The summed E-state index contributed by atoms with van der Waals surface area (Å²) >= 11 is 3.12. The van der Waals surface area contributed by atoms with E-state index in [1.165, 1.54) is 11.6 Å². The van der Waals surface area contributed by atoms with Crippen LogP contribution in [0.2, 0.25) is 0 Å². The molecule has 2 nitrogen and oxygen atoms in total. The summed E-state index contributed by atoms with van der Waals surface area (Å²) < 4.78 is 19.6. The lowest BCUT2D eigenvalue weighted by Crippen LogP contribution is -2.17. The second kappa shape index (κ2) is 6.37. The molecule has 2 rings (SSSR count). The average Bonchev–Trinajstić information content (AvgIpc) is 2.36. The fraction of sp³-hybridized carbons (Fsp3) is 0.250. The van der Waals surface area contributed by atoms with Crippen molar-refractivity contribution >= 4 is 15.9 Å². The van der Waals surface area contributed by atoms with Crippen molar-refractivity contribution in [3.63, 3.8) is 0 Å². The minimum Gasteiger partial charge on any atom is -0.457 e. The standard InChI is InChI=1S/C16H17BrFNO/c1-10-7-12(8-11(2)19)3-6-16(10)20-13-4-5-14(17)15(18)9-13/h3-7,9,11H,8,19H2,1-2H3. The number of benzene rings is 2. The lowest BCUT2D eigenvalue weighted by atomic mass is 10.0. The molecule has 106 valence electrons. The highest BCUT2D eigenvalue weighted by atomic mass is 79.9. The van der Waals surface area contributed by atoms with Gasteiger partial charge in [0.25, 0.3) is 0 Å². The predicted octanol–water partition coefficient (Wildman–Crippen LogP) is 4.58. The number of hydrogen-bond donors (Lipinski definition) is 1. The maximum atomic E-state index is 13.4. The summed E-state index contributed by atoms with van der Waals surface area (Å²) in [4.78, 5) is 0. The van der Waals surface area contributed by atoms with E-state index in [-0.39, 0.29) is 11.9 Å². The van der Waals surface area contributed by atoms with Gasteiger partial charge in [0.05, 0.1) is 4.47 Å². The largest absolute Gasteiger partial charge is 0.457 e. The molecule has 0 aromatic heterocycles. The van der Waals surface area contributed by atoms with Gasteiger partial charge in [-0.15, -0.1) is 0 Å². The van der Waals surface area contributed by atoms with Gasteiger partial charge < -0.3 is 10.5 Å². The summed E-state index contributed by atoms with van der Waals surface area (Å²) in [5, 5.41) is 0. The zero-order valence-electron chi connectivity index (χ0n) is 11.5. The molecule has 0 bridgehead atoms. The number of aryl methyl sites for hydroxylation is 1. The first-order chi connectivity index (χ1) is 9.45. The molecule has 4 heteroatoms. The summed E-state index contributed by atoms with van der Waals surface area (Å²) in [6.45, 7) is 3.94. The van der Waals surface area contributed by atoms with Gasteiger partial charge in [-0.1, -0.05) is 12.1 Å². The van der Waals surface area contributed by atoms with Crippen LogP contribution in [0, 0.1) is 12.7 Å². The van der Waals surface area contributed by atoms with E-state index in [4.69, 9.17) is 10.5 Å². The summed E-state index contributed by atoms with van der Waals surface area (Å²) in [6, 6.07) is 10.8. The molecule has 2 aromatic carbocycles. The van der Waals surface area contributed by atoms with E-state index in [0.29, 0.717) is 10.2 Å². The maximum absolute atomic E-state index is 13.4. The summed E-state index contributed by atoms with van der Waals surface area (Å²) in [6.07, 6.45) is 0.827. The minimum atomic E-state index is -0.339. The quantitative estimate of drug-likeness (QED) is 0.886. The van der Waals surface area contributed by atoms with Gasteiger partial charge in [0, 0.05) is 12.1 Å². The maximum Gasteiger partial charge on any atom is 0.141 e. The average molecular weight is 338 g/mol. The molecule has 1 unspecified atom stereocenters. The molecule has 2 aromatic rings. The zero-order valence-corrected chi connectivity index (χ0v) is 13.1. The van der Waals surface area contributed by atoms with E-state index in [1.54, 1.807) is 12.1 Å². The molecule has 0 radical (unpaired) electrons. The SMILES string of the molecule is Cc1cc(CC(C)N)ccc1Oc1ccc(Br)c(F)c1. The third-order valence-electron chi connectivity index (χ3n) is 2.92. The Morgan fingerprint density at radius 2 is 2.00 bits per heavy atom. The Hall–Kier alpha value is -1.39. The zero-order chi connectivity index (χ0) is 14.7. The van der Waals surface area contributed by atoms with Crippen LogP contribution in [0.25, 0.3) is 0 Å². The van der Waals surface area contributed by atoms with E-state index in [9.17, 15) is 4.39 Å². The normalized spacial score (nSPS) is 12.2. The third-order valence-corrected chi connectivity index (χ3v) is 3.56. The van der Waals surface area contributed by atoms with Gasteiger partial charge in [-0.3, -0.25) is 0 Å². The van der Waals surface area contributed by atoms with Crippen LogP contribution in [0.5, 0.6) is 11.5 Å². The summed E-state index contributed by atoms with van der Waals surface area (Å²) in [5.41, 5.74) is 7.97. The van der Waals surface area contributed by atoms with Crippen molar-refractivity contribution in [1.82, 2.24) is 0 Å². The topological polar surface area (TPSA) is 35.2 Å². The first-order valence-electron chi connectivity index (χ1n) is 6.43. The van der Waals surface area contributed by atoms with E-state index in [2.05, 4.69) is 15.9 Å². The van der Waals surface area contributed by atoms with Crippen molar-refractivity contribution < 1.29 is 9.13 Å². The molecular formula is C16H17BrFNO. The fourth-order valence-corrected chi connectivity index (χ4v) is 2.24. The number of rotatable bonds is 4. The molecule has 0 saturated carbocycles. The van der Waals surface area contributed by atoms with Gasteiger partial charge >= 0.3 is 0 Å². The lowest BCUT2D eigenvalue weighted by Gasteiger charge is -2.12. The first-order valence-corrected chi connectivity index (χ1v) is 7.23. The second-order valence-corrected chi connectivity index (χ2v) is 5.81. The molecule has 0 aliphatic carbocycles. The van der Waals surface area contributed by atoms with Crippen molar-refractivity contribution in [2.45, 2.75) is 26.3 Å². The molecule has 0 spiro atoms. The number of nitrogens with two attached hydrogens (primary N) is 1. The Morgan fingerprint density at radius 3 is 2.60 bits per heavy atom. The van der Waals surface area contributed by atoms with Crippen molar-refractivity contribution in [3.8, 4) is 11.5 Å². The van der Waals surface area contributed by atoms with E-state index < -0.39 is 0 Å². The monoisotopic (exact) mass is 337 g/mol. The predicted molar refractivity (Wildman–Crippen MR) is 82.7 cm³/mol. The number of halogens is 2. The van der Waals surface area contributed by atoms with Crippen LogP contribution in [0.1, 0.15) is 18.1 Å². The van der Waals surface area contributed by atoms with Crippen LogP contribution in [-0.4, -0.2) is 6.04 Å². The molecule has 0 amide bonds. The van der Waals surface area contributed by atoms with Crippen molar-refractivity contribution in [2.75, 3.05) is 0 Å².